The molecule has 0 saturated heterocycles. The summed E-state index contributed by atoms with van der Waals surface area (Å²) in [5.74, 6) is 0.658. The molecule has 0 aromatic carbocycles. The van der Waals surface area contributed by atoms with E-state index in [-0.39, 0.29) is 0 Å². The van der Waals surface area contributed by atoms with Crippen molar-refractivity contribution in [3.8, 4) is 11.4 Å². The third-order valence-electron chi connectivity index (χ3n) is 2.14. The van der Waals surface area contributed by atoms with E-state index in [9.17, 15) is 0 Å². The summed E-state index contributed by atoms with van der Waals surface area (Å²) in [6, 6.07) is 0. The predicted molar refractivity (Wildman–Crippen MR) is 53.4 cm³/mol. The Bertz CT molecular complexity index is 446. The van der Waals surface area contributed by atoms with Crippen LogP contribution in [0.3, 0.4) is 0 Å². The van der Waals surface area contributed by atoms with Crippen LogP contribution in [0, 0.1) is 6.92 Å². The second-order valence-corrected chi connectivity index (χ2v) is 3.07. The predicted octanol–water partition coefficient (Wildman–Crippen LogP) is 0.768. The Morgan fingerprint density at radius 2 is 2.14 bits per heavy atom. The maximum Gasteiger partial charge on any atom is 0.124 e. The fraction of sp³-hybridized carbons (Fsp3) is 0.222. The maximum absolute atomic E-state index is 5.79. The van der Waals surface area contributed by atoms with Crippen LogP contribution in [-0.4, -0.2) is 19.7 Å². The van der Waals surface area contributed by atoms with Crippen molar-refractivity contribution < 1.29 is 0 Å². The van der Waals surface area contributed by atoms with Crippen molar-refractivity contribution in [2.24, 2.45) is 7.05 Å². The van der Waals surface area contributed by atoms with Gasteiger partial charge in [0.05, 0.1) is 6.20 Å². The van der Waals surface area contributed by atoms with Crippen molar-refractivity contribution in [1.29, 1.82) is 0 Å². The molecule has 0 amide bonds. The molecule has 0 spiro atoms. The SMILES string of the molecule is Cc1c(-c2cnccn2)nn(C)c1N. The topological polar surface area (TPSA) is 69.6 Å². The lowest BCUT2D eigenvalue weighted by molar-refractivity contribution is 0.781. The molecule has 0 unspecified atom stereocenters. The number of hydrogen-bond acceptors (Lipinski definition) is 4. The van der Waals surface area contributed by atoms with E-state index >= 15 is 0 Å². The van der Waals surface area contributed by atoms with Crippen LogP contribution in [-0.2, 0) is 7.05 Å². The Balaban J connectivity index is 2.58. The van der Waals surface area contributed by atoms with Crippen LogP contribution in [0.15, 0.2) is 18.6 Å². The lowest BCUT2D eigenvalue weighted by Gasteiger charge is -1.94. The van der Waals surface area contributed by atoms with Crippen LogP contribution in [0.1, 0.15) is 5.56 Å². The van der Waals surface area contributed by atoms with E-state index in [4.69, 9.17) is 5.73 Å². The van der Waals surface area contributed by atoms with Crippen LogP contribution < -0.4 is 5.73 Å². The number of aryl methyl sites for hydroxylation is 1. The summed E-state index contributed by atoms with van der Waals surface area (Å²) in [6.45, 7) is 1.92. The Morgan fingerprint density at radius 3 is 2.64 bits per heavy atom. The first-order valence-corrected chi connectivity index (χ1v) is 4.25. The summed E-state index contributed by atoms with van der Waals surface area (Å²) >= 11 is 0. The molecule has 5 nitrogen and oxygen atoms in total. The summed E-state index contributed by atoms with van der Waals surface area (Å²) in [5.41, 5.74) is 8.27. The molecule has 0 aliphatic rings. The van der Waals surface area contributed by atoms with E-state index in [1.54, 1.807) is 23.3 Å². The normalized spacial score (nSPS) is 10.4. The smallest absolute Gasteiger partial charge is 0.124 e. The van der Waals surface area contributed by atoms with Gasteiger partial charge in [0.2, 0.25) is 0 Å². The van der Waals surface area contributed by atoms with Gasteiger partial charge < -0.3 is 5.73 Å². The van der Waals surface area contributed by atoms with Crippen LogP contribution in [0.25, 0.3) is 11.4 Å². The summed E-state index contributed by atoms with van der Waals surface area (Å²) < 4.78 is 1.64. The third kappa shape index (κ3) is 1.22. The third-order valence-corrected chi connectivity index (χ3v) is 2.14. The number of rotatable bonds is 1. The van der Waals surface area contributed by atoms with Gasteiger partial charge in [0, 0.05) is 25.0 Å². The fourth-order valence-electron chi connectivity index (χ4n) is 1.31. The highest BCUT2D eigenvalue weighted by Gasteiger charge is 2.11. The summed E-state index contributed by atoms with van der Waals surface area (Å²) in [4.78, 5) is 8.16. The Hall–Kier alpha value is -1.91. The minimum Gasteiger partial charge on any atom is -0.384 e. The minimum atomic E-state index is 0.658. The van der Waals surface area contributed by atoms with Gasteiger partial charge in [0.25, 0.3) is 0 Å². The van der Waals surface area contributed by atoms with Crippen LogP contribution >= 0.6 is 0 Å². The van der Waals surface area contributed by atoms with E-state index in [0.29, 0.717) is 5.82 Å². The quantitative estimate of drug-likeness (QED) is 0.719. The van der Waals surface area contributed by atoms with Gasteiger partial charge in [-0.15, -0.1) is 0 Å². The maximum atomic E-state index is 5.79. The average molecular weight is 189 g/mol. The summed E-state index contributed by atoms with van der Waals surface area (Å²) in [7, 11) is 1.81. The van der Waals surface area contributed by atoms with Crippen LogP contribution in [0.4, 0.5) is 5.82 Å². The number of anilines is 1. The minimum absolute atomic E-state index is 0.658. The van der Waals surface area contributed by atoms with E-state index in [1.165, 1.54) is 0 Å². The first-order valence-electron chi connectivity index (χ1n) is 4.25. The van der Waals surface area contributed by atoms with Gasteiger partial charge in [0.1, 0.15) is 17.2 Å². The standard InChI is InChI=1S/C9H11N5/c1-6-8(13-14(2)9(6)10)7-5-11-3-4-12-7/h3-5H,10H2,1-2H3. The zero-order valence-electron chi connectivity index (χ0n) is 8.10. The van der Waals surface area contributed by atoms with E-state index in [2.05, 4.69) is 15.1 Å². The molecule has 5 heteroatoms. The Kier molecular flexibility index (Phi) is 1.92. The molecule has 0 atom stereocenters. The first kappa shape index (κ1) is 8.68. The molecule has 0 aliphatic carbocycles. The largest absolute Gasteiger partial charge is 0.384 e. The van der Waals surface area contributed by atoms with Gasteiger partial charge in [-0.05, 0) is 6.92 Å². The van der Waals surface area contributed by atoms with Gasteiger partial charge >= 0.3 is 0 Å². The van der Waals surface area contributed by atoms with Crippen molar-refractivity contribution in [2.45, 2.75) is 6.92 Å². The van der Waals surface area contributed by atoms with E-state index in [1.807, 2.05) is 14.0 Å². The monoisotopic (exact) mass is 189 g/mol. The zero-order valence-corrected chi connectivity index (χ0v) is 8.10. The van der Waals surface area contributed by atoms with E-state index < -0.39 is 0 Å². The molecule has 0 radical (unpaired) electrons. The molecule has 14 heavy (non-hydrogen) atoms. The molecule has 0 fully saturated rings. The number of hydrogen-bond donors (Lipinski definition) is 1. The Morgan fingerprint density at radius 1 is 1.36 bits per heavy atom. The molecule has 0 bridgehead atoms. The average Bonchev–Trinajstić information content (AvgIpc) is 2.47. The molecule has 2 rings (SSSR count). The highest BCUT2D eigenvalue weighted by Crippen LogP contribution is 2.22. The number of nitrogen functional groups attached to an aromatic ring is 1. The van der Waals surface area contributed by atoms with Gasteiger partial charge in [-0.2, -0.15) is 5.10 Å². The molecule has 0 aliphatic heterocycles. The molecular weight excluding hydrogens is 178 g/mol. The van der Waals surface area contributed by atoms with E-state index in [0.717, 1.165) is 17.0 Å². The van der Waals surface area contributed by atoms with Crippen molar-refractivity contribution in [2.75, 3.05) is 5.73 Å². The number of nitrogens with two attached hydrogens (primary N) is 1. The second kappa shape index (κ2) is 3.10. The molecule has 2 N–H and O–H groups in total. The number of nitrogens with zero attached hydrogens (tertiary/aromatic N) is 4. The van der Waals surface area contributed by atoms with Crippen molar-refractivity contribution in [3.05, 3.63) is 24.2 Å². The molecule has 2 heterocycles. The van der Waals surface area contributed by atoms with Gasteiger partial charge in [-0.1, -0.05) is 0 Å². The Labute approximate surface area is 81.6 Å². The van der Waals surface area contributed by atoms with Crippen molar-refractivity contribution in [1.82, 2.24) is 19.7 Å². The molecule has 72 valence electrons. The van der Waals surface area contributed by atoms with Crippen molar-refractivity contribution in [3.63, 3.8) is 0 Å². The number of aromatic nitrogens is 4. The summed E-state index contributed by atoms with van der Waals surface area (Å²) in [6.07, 6.45) is 4.94. The fourth-order valence-corrected chi connectivity index (χ4v) is 1.31. The second-order valence-electron chi connectivity index (χ2n) is 3.07. The summed E-state index contributed by atoms with van der Waals surface area (Å²) in [5, 5.41) is 4.27. The molecule has 2 aromatic heterocycles. The first-order chi connectivity index (χ1) is 6.70. The van der Waals surface area contributed by atoms with Crippen LogP contribution in [0.2, 0.25) is 0 Å². The van der Waals surface area contributed by atoms with Crippen LogP contribution in [0.5, 0.6) is 0 Å². The lowest BCUT2D eigenvalue weighted by Crippen LogP contribution is -1.97. The van der Waals surface area contributed by atoms with Crippen molar-refractivity contribution >= 4 is 5.82 Å². The zero-order chi connectivity index (χ0) is 10.1. The van der Waals surface area contributed by atoms with Gasteiger partial charge in [-0.3, -0.25) is 14.6 Å². The highest BCUT2D eigenvalue weighted by molar-refractivity contribution is 5.63. The lowest BCUT2D eigenvalue weighted by atomic mass is 10.2. The molecule has 2 aromatic rings. The molecular formula is C9H11N5. The molecule has 0 saturated carbocycles. The van der Waals surface area contributed by atoms with Gasteiger partial charge in [0.15, 0.2) is 0 Å². The highest BCUT2D eigenvalue weighted by atomic mass is 15.3. The van der Waals surface area contributed by atoms with Gasteiger partial charge in [-0.25, -0.2) is 0 Å².